The quantitative estimate of drug-likeness (QED) is 0.470. The lowest BCUT2D eigenvalue weighted by Gasteiger charge is -2.32. The minimum Gasteiger partial charge on any atom is -0.370 e. The lowest BCUT2D eigenvalue weighted by Crippen LogP contribution is -2.33. The van der Waals surface area contributed by atoms with Crippen LogP contribution in [0, 0.1) is 0 Å². The molecule has 1 saturated heterocycles. The van der Waals surface area contributed by atoms with Crippen molar-refractivity contribution in [3.8, 4) is 0 Å². The van der Waals surface area contributed by atoms with Crippen LogP contribution in [-0.2, 0) is 6.18 Å². The van der Waals surface area contributed by atoms with Gasteiger partial charge in [-0.2, -0.15) is 13.2 Å². The number of hydrogen-bond donors (Lipinski definition) is 1. The lowest BCUT2D eigenvalue weighted by molar-refractivity contribution is -0.137. The molecule has 0 aliphatic carbocycles. The van der Waals surface area contributed by atoms with Gasteiger partial charge in [0, 0.05) is 31.4 Å². The normalized spacial score (nSPS) is 13.9. The van der Waals surface area contributed by atoms with Crippen LogP contribution in [-0.4, -0.2) is 32.0 Å². The zero-order chi connectivity index (χ0) is 25.0. The molecule has 5 nitrogen and oxygen atoms in total. The van der Waals surface area contributed by atoms with Crippen LogP contribution in [0.4, 0.5) is 30.2 Å². The van der Waals surface area contributed by atoms with E-state index in [-0.39, 0.29) is 5.91 Å². The molecule has 1 fully saturated rings. The number of halogens is 3. The molecule has 1 heterocycles. The number of benzene rings is 3. The summed E-state index contributed by atoms with van der Waals surface area (Å²) in [7, 11) is 1.72. The first-order chi connectivity index (χ1) is 16.8. The molecule has 0 radical (unpaired) electrons. The highest BCUT2D eigenvalue weighted by Gasteiger charge is 2.34. The predicted molar refractivity (Wildman–Crippen MR) is 131 cm³/mol. The maximum absolute atomic E-state index is 13.2. The first-order valence-electron chi connectivity index (χ1n) is 11.5. The van der Waals surface area contributed by atoms with E-state index in [0.717, 1.165) is 49.4 Å². The molecular formula is C27H26F3N3O2. The monoisotopic (exact) mass is 481 g/mol. The standard InChI is InChI=1S/C27H26F3N3O2/c1-32(23-11-5-6-12-24(23)33-17-7-2-8-18-33)26(35)19-13-15-20(16-14-19)31-25(34)21-9-3-4-10-22(21)27(28,29)30/h3-6,9-16H,2,7-8,17-18H2,1H3,(H,31,34). The van der Waals surface area contributed by atoms with Crippen molar-refractivity contribution in [2.24, 2.45) is 0 Å². The molecule has 0 bridgehead atoms. The summed E-state index contributed by atoms with van der Waals surface area (Å²) in [6, 6.07) is 18.5. The molecule has 1 N–H and O–H groups in total. The summed E-state index contributed by atoms with van der Waals surface area (Å²) in [5.74, 6) is -1.10. The van der Waals surface area contributed by atoms with Crippen LogP contribution in [0.15, 0.2) is 72.8 Å². The fourth-order valence-corrected chi connectivity index (χ4v) is 4.28. The fraction of sp³-hybridized carbons (Fsp3) is 0.259. The number of hydrogen-bond acceptors (Lipinski definition) is 3. The number of carbonyl (C=O) groups excluding carboxylic acids is 2. The average molecular weight is 482 g/mol. The summed E-state index contributed by atoms with van der Waals surface area (Å²) in [6.45, 7) is 1.90. The summed E-state index contributed by atoms with van der Waals surface area (Å²) in [6.07, 6.45) is -1.20. The molecule has 2 amide bonds. The number of nitrogens with one attached hydrogen (secondary N) is 1. The summed E-state index contributed by atoms with van der Waals surface area (Å²) in [5.41, 5.74) is 1.04. The molecule has 35 heavy (non-hydrogen) atoms. The Morgan fingerprint density at radius 3 is 2.17 bits per heavy atom. The smallest absolute Gasteiger partial charge is 0.370 e. The molecule has 0 saturated carbocycles. The van der Waals surface area contributed by atoms with Gasteiger partial charge in [-0.3, -0.25) is 9.59 Å². The minimum absolute atomic E-state index is 0.227. The first-order valence-corrected chi connectivity index (χ1v) is 11.5. The van der Waals surface area contributed by atoms with Gasteiger partial charge in [0.15, 0.2) is 0 Å². The van der Waals surface area contributed by atoms with E-state index in [0.29, 0.717) is 11.3 Å². The lowest BCUT2D eigenvalue weighted by atomic mass is 10.1. The minimum atomic E-state index is -4.64. The Labute approximate surface area is 202 Å². The Balaban J connectivity index is 1.49. The maximum Gasteiger partial charge on any atom is 0.417 e. The zero-order valence-corrected chi connectivity index (χ0v) is 19.3. The Morgan fingerprint density at radius 1 is 0.857 bits per heavy atom. The number of nitrogens with zero attached hydrogens (tertiary/aromatic N) is 2. The van der Waals surface area contributed by atoms with E-state index < -0.39 is 23.2 Å². The zero-order valence-electron chi connectivity index (χ0n) is 19.3. The Morgan fingerprint density at radius 2 is 1.49 bits per heavy atom. The molecule has 0 spiro atoms. The van der Waals surface area contributed by atoms with Gasteiger partial charge in [0.2, 0.25) is 0 Å². The molecule has 182 valence electrons. The van der Waals surface area contributed by atoms with Crippen LogP contribution in [0.1, 0.15) is 45.5 Å². The number of piperidine rings is 1. The second-order valence-corrected chi connectivity index (χ2v) is 8.48. The van der Waals surface area contributed by atoms with Crippen LogP contribution in [0.25, 0.3) is 0 Å². The summed E-state index contributed by atoms with van der Waals surface area (Å²) >= 11 is 0. The molecule has 0 atom stereocenters. The number of rotatable bonds is 5. The molecule has 3 aromatic rings. The van der Waals surface area contributed by atoms with Crippen LogP contribution in [0.5, 0.6) is 0 Å². The highest BCUT2D eigenvalue weighted by Crippen LogP contribution is 2.33. The molecule has 1 aliphatic rings. The Bertz CT molecular complexity index is 1200. The summed E-state index contributed by atoms with van der Waals surface area (Å²) in [4.78, 5) is 29.6. The van der Waals surface area contributed by atoms with Crippen LogP contribution in [0.2, 0.25) is 0 Å². The number of carbonyl (C=O) groups is 2. The van der Waals surface area contributed by atoms with Crippen molar-refractivity contribution < 1.29 is 22.8 Å². The number of para-hydroxylation sites is 2. The van der Waals surface area contributed by atoms with Gasteiger partial charge in [0.25, 0.3) is 11.8 Å². The van der Waals surface area contributed by atoms with Gasteiger partial charge < -0.3 is 15.1 Å². The number of alkyl halides is 3. The summed E-state index contributed by atoms with van der Waals surface area (Å²) < 4.78 is 39.7. The van der Waals surface area contributed by atoms with Crippen molar-refractivity contribution in [2.45, 2.75) is 25.4 Å². The SMILES string of the molecule is CN(C(=O)c1ccc(NC(=O)c2ccccc2C(F)(F)F)cc1)c1ccccc1N1CCCCC1. The third-order valence-electron chi connectivity index (χ3n) is 6.11. The topological polar surface area (TPSA) is 52.7 Å². The third kappa shape index (κ3) is 5.48. The third-order valence-corrected chi connectivity index (χ3v) is 6.11. The van der Waals surface area contributed by atoms with Crippen molar-refractivity contribution in [1.82, 2.24) is 0 Å². The largest absolute Gasteiger partial charge is 0.417 e. The van der Waals surface area contributed by atoms with Gasteiger partial charge >= 0.3 is 6.18 Å². The highest BCUT2D eigenvalue weighted by molar-refractivity contribution is 6.08. The first kappa shape index (κ1) is 24.3. The highest BCUT2D eigenvalue weighted by atomic mass is 19.4. The van der Waals surface area contributed by atoms with Gasteiger partial charge in [-0.15, -0.1) is 0 Å². The van der Waals surface area contributed by atoms with E-state index in [2.05, 4.69) is 10.2 Å². The Hall–Kier alpha value is -3.81. The number of anilines is 3. The maximum atomic E-state index is 13.2. The molecule has 3 aromatic carbocycles. The van der Waals surface area contributed by atoms with Gasteiger partial charge in [0.05, 0.1) is 22.5 Å². The van der Waals surface area contributed by atoms with E-state index in [1.54, 1.807) is 24.1 Å². The van der Waals surface area contributed by atoms with Gasteiger partial charge in [0.1, 0.15) is 0 Å². The van der Waals surface area contributed by atoms with Crippen molar-refractivity contribution >= 4 is 28.9 Å². The molecule has 1 aliphatic heterocycles. The van der Waals surface area contributed by atoms with E-state index in [1.165, 1.54) is 30.7 Å². The predicted octanol–water partition coefficient (Wildman–Crippen LogP) is 6.22. The molecule has 8 heteroatoms. The molecule has 0 aromatic heterocycles. The molecular weight excluding hydrogens is 455 g/mol. The fourth-order valence-electron chi connectivity index (χ4n) is 4.28. The second-order valence-electron chi connectivity index (χ2n) is 8.48. The molecule has 4 rings (SSSR count). The average Bonchev–Trinajstić information content (AvgIpc) is 2.88. The number of amides is 2. The Kier molecular flexibility index (Phi) is 7.10. The van der Waals surface area contributed by atoms with E-state index >= 15 is 0 Å². The van der Waals surface area contributed by atoms with E-state index in [1.807, 2.05) is 24.3 Å². The van der Waals surface area contributed by atoms with Gasteiger partial charge in [-0.25, -0.2) is 0 Å². The van der Waals surface area contributed by atoms with Gasteiger partial charge in [-0.1, -0.05) is 24.3 Å². The second kappa shape index (κ2) is 10.2. The van der Waals surface area contributed by atoms with Crippen molar-refractivity contribution in [1.29, 1.82) is 0 Å². The van der Waals surface area contributed by atoms with Gasteiger partial charge in [-0.05, 0) is 67.8 Å². The van der Waals surface area contributed by atoms with Crippen molar-refractivity contribution in [3.05, 3.63) is 89.5 Å². The van der Waals surface area contributed by atoms with Crippen LogP contribution in [0.3, 0.4) is 0 Å². The van der Waals surface area contributed by atoms with Crippen molar-refractivity contribution in [3.63, 3.8) is 0 Å². The van der Waals surface area contributed by atoms with E-state index in [4.69, 9.17) is 0 Å². The molecule has 0 unspecified atom stereocenters. The summed E-state index contributed by atoms with van der Waals surface area (Å²) in [5, 5.41) is 2.48. The van der Waals surface area contributed by atoms with Crippen molar-refractivity contribution in [2.75, 3.05) is 35.3 Å². The van der Waals surface area contributed by atoms with Crippen LogP contribution < -0.4 is 15.1 Å². The van der Waals surface area contributed by atoms with Crippen LogP contribution >= 0.6 is 0 Å². The van der Waals surface area contributed by atoms with E-state index in [9.17, 15) is 22.8 Å².